The molecular weight excluding hydrogens is 218 g/mol. The second-order valence-corrected chi connectivity index (χ2v) is 3.58. The second-order valence-electron chi connectivity index (χ2n) is 3.58. The Morgan fingerprint density at radius 3 is 2.88 bits per heavy atom. The predicted octanol–water partition coefficient (Wildman–Crippen LogP) is 0.126. The molecule has 0 aliphatic carbocycles. The number of nitrogens with zero attached hydrogens (tertiary/aromatic N) is 4. The average Bonchev–Trinajstić information content (AvgIpc) is 2.71. The molecule has 0 radical (unpaired) electrons. The first-order chi connectivity index (χ1) is 8.36. The average molecular weight is 239 g/mol. The van der Waals surface area contributed by atoms with Crippen molar-refractivity contribution in [2.45, 2.75) is 26.8 Å². The number of carbonyl (C=O) groups excluding carboxylic acids is 1. The van der Waals surface area contributed by atoms with Crippen molar-refractivity contribution in [2.75, 3.05) is 26.2 Å². The molecule has 6 nitrogen and oxygen atoms in total. The molecule has 0 atom stereocenters. The molecule has 1 aliphatic heterocycles. The highest BCUT2D eigenvalue weighted by molar-refractivity contribution is 5.75. The molecule has 17 heavy (non-hydrogen) atoms. The van der Waals surface area contributed by atoms with Gasteiger partial charge < -0.3 is 10.2 Å². The van der Waals surface area contributed by atoms with E-state index in [4.69, 9.17) is 0 Å². The maximum atomic E-state index is 11.8. The summed E-state index contributed by atoms with van der Waals surface area (Å²) in [7, 11) is 0. The molecule has 0 aromatic carbocycles. The van der Waals surface area contributed by atoms with E-state index in [1.165, 1.54) is 0 Å². The summed E-state index contributed by atoms with van der Waals surface area (Å²) in [5.41, 5.74) is 0. The van der Waals surface area contributed by atoms with Gasteiger partial charge in [-0.25, -0.2) is 4.68 Å². The predicted molar refractivity (Wildman–Crippen MR) is 65.4 cm³/mol. The van der Waals surface area contributed by atoms with Crippen LogP contribution >= 0.6 is 0 Å². The van der Waals surface area contributed by atoms with Crippen LogP contribution < -0.4 is 5.32 Å². The Hall–Kier alpha value is -1.43. The van der Waals surface area contributed by atoms with E-state index in [1.807, 2.05) is 18.7 Å². The zero-order valence-electron chi connectivity index (χ0n) is 10.6. The van der Waals surface area contributed by atoms with Crippen LogP contribution in [0.1, 0.15) is 20.3 Å². The molecule has 96 valence electrons. The summed E-state index contributed by atoms with van der Waals surface area (Å²) in [6.45, 7) is 7.78. The van der Waals surface area contributed by atoms with Gasteiger partial charge in [-0.2, -0.15) is 0 Å². The molecule has 2 rings (SSSR count). The van der Waals surface area contributed by atoms with Crippen LogP contribution in [0.15, 0.2) is 12.4 Å². The van der Waals surface area contributed by atoms with Crippen LogP contribution in [0.2, 0.25) is 0 Å². The van der Waals surface area contributed by atoms with Crippen LogP contribution in [0.3, 0.4) is 0 Å². The monoisotopic (exact) mass is 239 g/mol. The van der Waals surface area contributed by atoms with Crippen molar-refractivity contribution in [1.82, 2.24) is 25.2 Å². The molecule has 6 heteroatoms. The number of hydrogen-bond acceptors (Lipinski definition) is 4. The molecular formula is C11H21N5O. The van der Waals surface area contributed by atoms with E-state index >= 15 is 0 Å². The van der Waals surface area contributed by atoms with Gasteiger partial charge in [-0.15, -0.1) is 5.10 Å². The van der Waals surface area contributed by atoms with E-state index in [0.29, 0.717) is 6.54 Å². The molecule has 0 unspecified atom stereocenters. The summed E-state index contributed by atoms with van der Waals surface area (Å²) in [5, 5.41) is 10.7. The smallest absolute Gasteiger partial charge is 0.244 e. The van der Waals surface area contributed by atoms with Crippen LogP contribution in [0.25, 0.3) is 0 Å². The summed E-state index contributed by atoms with van der Waals surface area (Å²) in [6.07, 6.45) is 4.30. The van der Waals surface area contributed by atoms with Crippen molar-refractivity contribution in [3.63, 3.8) is 0 Å². The fraction of sp³-hybridized carbons (Fsp3) is 0.727. The molecule has 2 heterocycles. The summed E-state index contributed by atoms with van der Waals surface area (Å²) in [6, 6.07) is 0. The van der Waals surface area contributed by atoms with Crippen molar-refractivity contribution in [1.29, 1.82) is 0 Å². The molecule has 0 spiro atoms. The molecule has 0 saturated carbocycles. The lowest BCUT2D eigenvalue weighted by Gasteiger charge is -2.19. The molecule has 1 saturated heterocycles. The summed E-state index contributed by atoms with van der Waals surface area (Å²) in [4.78, 5) is 13.7. The summed E-state index contributed by atoms with van der Waals surface area (Å²) >= 11 is 0. The molecule has 1 aromatic rings. The quantitative estimate of drug-likeness (QED) is 0.796. The highest BCUT2D eigenvalue weighted by Crippen LogP contribution is 1.97. The zero-order valence-corrected chi connectivity index (χ0v) is 10.6. The van der Waals surface area contributed by atoms with Crippen molar-refractivity contribution < 1.29 is 4.79 Å². The first-order valence-electron chi connectivity index (χ1n) is 6.19. The van der Waals surface area contributed by atoms with Crippen LogP contribution in [0.5, 0.6) is 0 Å². The maximum absolute atomic E-state index is 11.8. The Kier molecular flexibility index (Phi) is 6.24. The van der Waals surface area contributed by atoms with Crippen LogP contribution in [-0.2, 0) is 11.3 Å². The van der Waals surface area contributed by atoms with E-state index < -0.39 is 0 Å². The molecule has 1 fully saturated rings. The Morgan fingerprint density at radius 1 is 1.35 bits per heavy atom. The van der Waals surface area contributed by atoms with Gasteiger partial charge in [0, 0.05) is 25.8 Å². The van der Waals surface area contributed by atoms with E-state index in [-0.39, 0.29) is 5.91 Å². The SMILES string of the molecule is CC.O=C(Cn1ccnn1)N1CCCNCC1. The lowest BCUT2D eigenvalue weighted by atomic mass is 10.4. The Bertz CT molecular complexity index is 304. The maximum Gasteiger partial charge on any atom is 0.244 e. The third kappa shape index (κ3) is 4.52. The summed E-state index contributed by atoms with van der Waals surface area (Å²) in [5.74, 6) is 0.115. The van der Waals surface area contributed by atoms with Gasteiger partial charge in [0.15, 0.2) is 0 Å². The fourth-order valence-corrected chi connectivity index (χ4v) is 1.65. The van der Waals surface area contributed by atoms with Crippen LogP contribution in [-0.4, -0.2) is 52.0 Å². The first-order valence-corrected chi connectivity index (χ1v) is 6.19. The Balaban J connectivity index is 0.000000686. The lowest BCUT2D eigenvalue weighted by molar-refractivity contribution is -0.131. The van der Waals surface area contributed by atoms with Gasteiger partial charge in [0.2, 0.25) is 5.91 Å². The number of rotatable bonds is 2. The van der Waals surface area contributed by atoms with Gasteiger partial charge in [-0.3, -0.25) is 4.79 Å². The standard InChI is InChI=1S/C9H15N5O.C2H6/c15-9(8-14-7-4-11-12-14)13-5-1-2-10-3-6-13;1-2/h4,7,10H,1-3,5-6,8H2;1-2H3. The topological polar surface area (TPSA) is 63.1 Å². The molecule has 1 N–H and O–H groups in total. The third-order valence-electron chi connectivity index (χ3n) is 2.46. The van der Waals surface area contributed by atoms with Crippen molar-refractivity contribution in [3.8, 4) is 0 Å². The molecule has 1 aromatic heterocycles. The minimum Gasteiger partial charge on any atom is -0.340 e. The largest absolute Gasteiger partial charge is 0.340 e. The Morgan fingerprint density at radius 2 is 2.18 bits per heavy atom. The van der Waals surface area contributed by atoms with E-state index in [9.17, 15) is 4.79 Å². The zero-order chi connectivity index (χ0) is 12.5. The van der Waals surface area contributed by atoms with Gasteiger partial charge in [0.05, 0.1) is 6.20 Å². The number of carbonyl (C=O) groups is 1. The molecule has 0 bridgehead atoms. The van der Waals surface area contributed by atoms with Crippen molar-refractivity contribution >= 4 is 5.91 Å². The third-order valence-corrected chi connectivity index (χ3v) is 2.46. The number of nitrogens with one attached hydrogen (secondary N) is 1. The molecule has 1 aliphatic rings. The van der Waals surface area contributed by atoms with Gasteiger partial charge in [0.25, 0.3) is 0 Å². The Labute approximate surface area is 102 Å². The first kappa shape index (κ1) is 13.6. The van der Waals surface area contributed by atoms with E-state index in [0.717, 1.165) is 32.6 Å². The van der Waals surface area contributed by atoms with Crippen LogP contribution in [0.4, 0.5) is 0 Å². The second kappa shape index (κ2) is 7.78. The van der Waals surface area contributed by atoms with Crippen LogP contribution in [0, 0.1) is 0 Å². The van der Waals surface area contributed by atoms with Gasteiger partial charge in [-0.05, 0) is 13.0 Å². The normalized spacial score (nSPS) is 15.8. The number of aromatic nitrogens is 3. The lowest BCUT2D eigenvalue weighted by Crippen LogP contribution is -2.36. The highest BCUT2D eigenvalue weighted by atomic mass is 16.2. The summed E-state index contributed by atoms with van der Waals surface area (Å²) < 4.78 is 1.56. The molecule has 1 amide bonds. The highest BCUT2D eigenvalue weighted by Gasteiger charge is 2.15. The van der Waals surface area contributed by atoms with Gasteiger partial charge in [-0.1, -0.05) is 19.1 Å². The minimum atomic E-state index is 0.115. The van der Waals surface area contributed by atoms with Gasteiger partial charge in [0.1, 0.15) is 6.54 Å². The number of hydrogen-bond donors (Lipinski definition) is 1. The van der Waals surface area contributed by atoms with Crippen molar-refractivity contribution in [3.05, 3.63) is 12.4 Å². The minimum absolute atomic E-state index is 0.115. The van der Waals surface area contributed by atoms with E-state index in [2.05, 4.69) is 15.6 Å². The van der Waals surface area contributed by atoms with E-state index in [1.54, 1.807) is 17.1 Å². The number of amides is 1. The van der Waals surface area contributed by atoms with Crippen molar-refractivity contribution in [2.24, 2.45) is 0 Å². The van der Waals surface area contributed by atoms with Gasteiger partial charge >= 0.3 is 0 Å². The fourth-order valence-electron chi connectivity index (χ4n) is 1.65.